The van der Waals surface area contributed by atoms with Gasteiger partial charge in [0.1, 0.15) is 17.4 Å². The first-order chi connectivity index (χ1) is 14.2. The fraction of sp³-hybridized carbons (Fsp3) is 0.333. The fourth-order valence-electron chi connectivity index (χ4n) is 3.44. The zero-order chi connectivity index (χ0) is 20.1. The molecule has 0 aliphatic carbocycles. The molecule has 0 unspecified atom stereocenters. The van der Waals surface area contributed by atoms with Gasteiger partial charge in [0.15, 0.2) is 12.4 Å². The Morgan fingerprint density at radius 1 is 1.14 bits per heavy atom. The number of piperidine rings is 1. The van der Waals surface area contributed by atoms with Crippen molar-refractivity contribution in [2.24, 2.45) is 5.92 Å². The third-order valence-electron chi connectivity index (χ3n) is 5.10. The van der Waals surface area contributed by atoms with Crippen molar-refractivity contribution in [3.8, 4) is 17.1 Å². The summed E-state index contributed by atoms with van der Waals surface area (Å²) >= 11 is 0. The maximum atomic E-state index is 12.9. The number of H-pyrrole nitrogens is 1. The summed E-state index contributed by atoms with van der Waals surface area (Å²) < 4.78 is 18.4. The van der Waals surface area contributed by atoms with Crippen LogP contribution in [0.2, 0.25) is 0 Å². The maximum Gasteiger partial charge on any atom is 0.260 e. The van der Waals surface area contributed by atoms with Gasteiger partial charge in [-0.2, -0.15) is 5.10 Å². The number of carbonyl (C=O) groups excluding carboxylic acids is 1. The minimum atomic E-state index is -0.328. The Balaban J connectivity index is 1.23. The van der Waals surface area contributed by atoms with Gasteiger partial charge in [-0.15, -0.1) is 0 Å². The SMILES string of the molecule is O=C(COc1ccc(F)cc1)N1CCC(Cc2nc(-c3ccncc3)n[nH]2)CC1. The summed E-state index contributed by atoms with van der Waals surface area (Å²) in [5.41, 5.74) is 0.934. The van der Waals surface area contributed by atoms with Crippen LogP contribution in [0.5, 0.6) is 5.75 Å². The summed E-state index contributed by atoms with van der Waals surface area (Å²) in [6, 6.07) is 9.43. The van der Waals surface area contributed by atoms with Gasteiger partial charge < -0.3 is 9.64 Å². The van der Waals surface area contributed by atoms with E-state index in [9.17, 15) is 9.18 Å². The zero-order valence-electron chi connectivity index (χ0n) is 15.9. The number of aromatic amines is 1. The Morgan fingerprint density at radius 3 is 2.59 bits per heavy atom. The topological polar surface area (TPSA) is 84.0 Å². The van der Waals surface area contributed by atoms with Crippen LogP contribution < -0.4 is 4.74 Å². The van der Waals surface area contributed by atoms with Crippen molar-refractivity contribution in [1.82, 2.24) is 25.1 Å². The second kappa shape index (κ2) is 8.81. The highest BCUT2D eigenvalue weighted by molar-refractivity contribution is 5.77. The monoisotopic (exact) mass is 395 g/mol. The second-order valence-electron chi connectivity index (χ2n) is 7.11. The molecule has 7 nitrogen and oxygen atoms in total. The Bertz CT molecular complexity index is 937. The average Bonchev–Trinajstić information content (AvgIpc) is 3.23. The van der Waals surface area contributed by atoms with Crippen molar-refractivity contribution in [3.05, 3.63) is 60.4 Å². The predicted molar refractivity (Wildman–Crippen MR) is 105 cm³/mol. The van der Waals surface area contributed by atoms with Crippen LogP contribution in [0.4, 0.5) is 4.39 Å². The lowest BCUT2D eigenvalue weighted by atomic mass is 9.93. The number of carbonyl (C=O) groups is 1. The molecule has 0 saturated carbocycles. The molecule has 4 rings (SSSR count). The Morgan fingerprint density at radius 2 is 1.86 bits per heavy atom. The van der Waals surface area contributed by atoms with Crippen LogP contribution in [0.15, 0.2) is 48.8 Å². The molecule has 150 valence electrons. The van der Waals surface area contributed by atoms with E-state index in [4.69, 9.17) is 4.74 Å². The van der Waals surface area contributed by atoms with Crippen molar-refractivity contribution >= 4 is 5.91 Å². The van der Waals surface area contributed by atoms with Crippen molar-refractivity contribution in [3.63, 3.8) is 0 Å². The van der Waals surface area contributed by atoms with Gasteiger partial charge in [-0.05, 0) is 55.2 Å². The highest BCUT2D eigenvalue weighted by Gasteiger charge is 2.24. The molecule has 1 aliphatic heterocycles. The van der Waals surface area contributed by atoms with Gasteiger partial charge in [-0.3, -0.25) is 14.9 Å². The molecule has 3 aromatic rings. The van der Waals surface area contributed by atoms with Gasteiger partial charge in [0.25, 0.3) is 5.91 Å². The minimum absolute atomic E-state index is 0.0340. The first kappa shape index (κ1) is 19.0. The average molecular weight is 395 g/mol. The quantitative estimate of drug-likeness (QED) is 0.694. The van der Waals surface area contributed by atoms with Crippen molar-refractivity contribution in [2.75, 3.05) is 19.7 Å². The molecule has 1 saturated heterocycles. The van der Waals surface area contributed by atoms with Crippen molar-refractivity contribution in [1.29, 1.82) is 0 Å². The summed E-state index contributed by atoms with van der Waals surface area (Å²) in [6.45, 7) is 1.36. The number of benzene rings is 1. The van der Waals surface area contributed by atoms with Gasteiger partial charge in [0.2, 0.25) is 0 Å². The molecule has 0 atom stereocenters. The molecule has 1 fully saturated rings. The maximum absolute atomic E-state index is 12.9. The molecule has 0 bridgehead atoms. The van der Waals surface area contributed by atoms with E-state index in [1.807, 2.05) is 17.0 Å². The van der Waals surface area contributed by atoms with Crippen LogP contribution in [-0.4, -0.2) is 50.7 Å². The summed E-state index contributed by atoms with van der Waals surface area (Å²) in [5, 5.41) is 7.30. The molecule has 1 N–H and O–H groups in total. The number of pyridine rings is 1. The lowest BCUT2D eigenvalue weighted by molar-refractivity contribution is -0.134. The molecule has 2 aromatic heterocycles. The number of aromatic nitrogens is 4. The number of likely N-dealkylation sites (tertiary alicyclic amines) is 1. The van der Waals surface area contributed by atoms with E-state index in [2.05, 4.69) is 20.2 Å². The van der Waals surface area contributed by atoms with E-state index >= 15 is 0 Å². The standard InChI is InChI=1S/C21H22FN5O2/c22-17-1-3-18(4-2-17)29-14-20(28)27-11-7-15(8-12-27)13-19-24-21(26-25-19)16-5-9-23-10-6-16/h1-6,9-10,15H,7-8,11-14H2,(H,24,25,26). The molecule has 29 heavy (non-hydrogen) atoms. The predicted octanol–water partition coefficient (Wildman–Crippen LogP) is 2.87. The van der Waals surface area contributed by atoms with E-state index < -0.39 is 0 Å². The van der Waals surface area contributed by atoms with E-state index in [-0.39, 0.29) is 18.3 Å². The summed E-state index contributed by atoms with van der Waals surface area (Å²) in [6.07, 6.45) is 6.07. The minimum Gasteiger partial charge on any atom is -0.484 e. The second-order valence-corrected chi connectivity index (χ2v) is 7.11. The Kier molecular flexibility index (Phi) is 5.79. The Hall–Kier alpha value is -3.29. The third-order valence-corrected chi connectivity index (χ3v) is 5.10. The molecule has 0 spiro atoms. The zero-order valence-corrected chi connectivity index (χ0v) is 15.9. The number of ether oxygens (including phenoxy) is 1. The highest BCUT2D eigenvalue weighted by Crippen LogP contribution is 2.22. The summed E-state index contributed by atoms with van der Waals surface area (Å²) in [5.74, 6) is 2.10. The molecule has 1 aromatic carbocycles. The van der Waals surface area contributed by atoms with Crippen LogP contribution >= 0.6 is 0 Å². The molecule has 1 aliphatic rings. The van der Waals surface area contributed by atoms with Gasteiger partial charge >= 0.3 is 0 Å². The third kappa shape index (κ3) is 4.96. The Labute approximate surface area is 167 Å². The van der Waals surface area contributed by atoms with E-state index in [0.29, 0.717) is 30.6 Å². The molecular formula is C21H22FN5O2. The summed E-state index contributed by atoms with van der Waals surface area (Å²) in [4.78, 5) is 22.8. The smallest absolute Gasteiger partial charge is 0.260 e. The number of nitrogens with zero attached hydrogens (tertiary/aromatic N) is 4. The normalized spacial score (nSPS) is 14.7. The highest BCUT2D eigenvalue weighted by atomic mass is 19.1. The molecule has 1 amide bonds. The first-order valence-electron chi connectivity index (χ1n) is 9.65. The largest absolute Gasteiger partial charge is 0.484 e. The van der Waals surface area contributed by atoms with Crippen LogP contribution in [0.1, 0.15) is 18.7 Å². The van der Waals surface area contributed by atoms with E-state index in [1.165, 1.54) is 24.3 Å². The molecule has 3 heterocycles. The fourth-order valence-corrected chi connectivity index (χ4v) is 3.44. The van der Waals surface area contributed by atoms with Crippen LogP contribution in [0, 0.1) is 11.7 Å². The van der Waals surface area contributed by atoms with Gasteiger partial charge in [0.05, 0.1) is 0 Å². The lowest BCUT2D eigenvalue weighted by Gasteiger charge is -2.31. The van der Waals surface area contributed by atoms with Crippen LogP contribution in [0.3, 0.4) is 0 Å². The van der Waals surface area contributed by atoms with E-state index in [1.54, 1.807) is 12.4 Å². The number of nitrogens with one attached hydrogen (secondary N) is 1. The van der Waals surface area contributed by atoms with Crippen molar-refractivity contribution < 1.29 is 13.9 Å². The van der Waals surface area contributed by atoms with Gasteiger partial charge in [0, 0.05) is 37.5 Å². The number of amides is 1. The molecule has 8 heteroatoms. The van der Waals surface area contributed by atoms with Gasteiger partial charge in [-0.25, -0.2) is 9.37 Å². The van der Waals surface area contributed by atoms with Crippen LogP contribution in [0.25, 0.3) is 11.4 Å². The van der Waals surface area contributed by atoms with Crippen molar-refractivity contribution in [2.45, 2.75) is 19.3 Å². The number of rotatable bonds is 6. The number of hydrogen-bond donors (Lipinski definition) is 1. The lowest BCUT2D eigenvalue weighted by Crippen LogP contribution is -2.41. The summed E-state index contributed by atoms with van der Waals surface area (Å²) in [7, 11) is 0. The van der Waals surface area contributed by atoms with Crippen LogP contribution in [-0.2, 0) is 11.2 Å². The first-order valence-corrected chi connectivity index (χ1v) is 9.65. The molecular weight excluding hydrogens is 373 g/mol. The van der Waals surface area contributed by atoms with Gasteiger partial charge in [-0.1, -0.05) is 0 Å². The number of hydrogen-bond acceptors (Lipinski definition) is 5. The number of halogens is 1. The molecule has 0 radical (unpaired) electrons. The van der Waals surface area contributed by atoms with E-state index in [0.717, 1.165) is 30.7 Å².